The number of halogens is 1. The molecule has 1 atom stereocenters. The summed E-state index contributed by atoms with van der Waals surface area (Å²) in [5.41, 5.74) is 4.41. The molecule has 0 aliphatic carbocycles. The smallest absolute Gasteiger partial charge is 0.251 e. The molecule has 0 fully saturated rings. The monoisotopic (exact) mass is 455 g/mol. The van der Waals surface area contributed by atoms with Crippen molar-refractivity contribution in [2.24, 2.45) is 14.1 Å². The molecule has 5 aromatic rings. The van der Waals surface area contributed by atoms with E-state index in [1.54, 1.807) is 24.0 Å². The van der Waals surface area contributed by atoms with E-state index < -0.39 is 0 Å². The van der Waals surface area contributed by atoms with Crippen LogP contribution in [-0.4, -0.2) is 14.1 Å². The van der Waals surface area contributed by atoms with Gasteiger partial charge in [-0.05, 0) is 47.0 Å². The maximum atomic E-state index is 12.6. The number of imidazole rings is 1. The van der Waals surface area contributed by atoms with Crippen LogP contribution in [-0.2, 0) is 14.1 Å². The van der Waals surface area contributed by atoms with Crippen LogP contribution in [0.2, 0.25) is 5.02 Å². The summed E-state index contributed by atoms with van der Waals surface area (Å²) in [4.78, 5) is 16.9. The molecule has 0 N–H and O–H groups in total. The van der Waals surface area contributed by atoms with Crippen LogP contribution in [0.1, 0.15) is 17.4 Å². The molecule has 33 heavy (non-hydrogen) atoms. The van der Waals surface area contributed by atoms with Crippen molar-refractivity contribution in [3.8, 4) is 16.9 Å². The highest BCUT2D eigenvalue weighted by Gasteiger charge is 2.20. The van der Waals surface area contributed by atoms with Crippen LogP contribution in [0.4, 0.5) is 0 Å². The Bertz CT molecular complexity index is 1510. The van der Waals surface area contributed by atoms with Crippen molar-refractivity contribution in [2.45, 2.75) is 6.10 Å². The van der Waals surface area contributed by atoms with Gasteiger partial charge in [-0.15, -0.1) is 0 Å². The SMILES string of the molecule is Cn1cncc1C(Oc1ccc2c(c1)c(-c1cccc(Cl)c1)cc(=O)n2C)c1ccccc1. The molecule has 3 aromatic carbocycles. The fraction of sp³-hybridized carbons (Fsp3) is 0.111. The summed E-state index contributed by atoms with van der Waals surface area (Å²) in [5, 5.41) is 1.53. The van der Waals surface area contributed by atoms with Gasteiger partial charge in [0.25, 0.3) is 5.56 Å². The summed E-state index contributed by atoms with van der Waals surface area (Å²) in [7, 11) is 3.73. The van der Waals surface area contributed by atoms with Crippen LogP contribution in [0.3, 0.4) is 0 Å². The van der Waals surface area contributed by atoms with Crippen molar-refractivity contribution < 1.29 is 4.74 Å². The van der Waals surface area contributed by atoms with Crippen molar-refractivity contribution in [3.63, 3.8) is 0 Å². The van der Waals surface area contributed by atoms with E-state index in [9.17, 15) is 4.79 Å². The van der Waals surface area contributed by atoms with Gasteiger partial charge >= 0.3 is 0 Å². The number of ether oxygens (including phenoxy) is 1. The first-order valence-corrected chi connectivity index (χ1v) is 11.0. The summed E-state index contributed by atoms with van der Waals surface area (Å²) >= 11 is 6.24. The highest BCUT2D eigenvalue weighted by Crippen LogP contribution is 2.34. The van der Waals surface area contributed by atoms with Crippen LogP contribution in [0.15, 0.2) is 96.2 Å². The highest BCUT2D eigenvalue weighted by molar-refractivity contribution is 6.30. The van der Waals surface area contributed by atoms with Gasteiger partial charge in [0.05, 0.1) is 23.7 Å². The number of benzene rings is 3. The second-order valence-corrected chi connectivity index (χ2v) is 8.42. The minimum Gasteiger partial charge on any atom is -0.479 e. The standard InChI is InChI=1S/C27H22ClN3O2/c1-30-17-29-16-25(30)27(18-7-4-3-5-8-18)33-21-11-12-24-23(14-21)22(15-26(32)31(24)2)19-9-6-10-20(28)13-19/h3-17,27H,1-2H3. The molecule has 0 saturated heterocycles. The molecule has 0 aliphatic rings. The van der Waals surface area contributed by atoms with E-state index in [1.165, 1.54) is 0 Å². The average Bonchev–Trinajstić information content (AvgIpc) is 3.25. The lowest BCUT2D eigenvalue weighted by atomic mass is 10.0. The van der Waals surface area contributed by atoms with Gasteiger partial charge in [0.1, 0.15) is 5.75 Å². The Morgan fingerprint density at radius 1 is 0.939 bits per heavy atom. The summed E-state index contributed by atoms with van der Waals surface area (Å²) in [6.07, 6.45) is 3.25. The third-order valence-electron chi connectivity index (χ3n) is 5.83. The first-order chi connectivity index (χ1) is 16.0. The lowest BCUT2D eigenvalue weighted by molar-refractivity contribution is 0.238. The van der Waals surface area contributed by atoms with E-state index in [0.717, 1.165) is 33.3 Å². The van der Waals surface area contributed by atoms with Crippen LogP contribution >= 0.6 is 11.6 Å². The molecule has 5 nitrogen and oxygen atoms in total. The largest absolute Gasteiger partial charge is 0.479 e. The third kappa shape index (κ3) is 4.03. The van der Waals surface area contributed by atoms with Crippen LogP contribution in [0.25, 0.3) is 22.0 Å². The maximum absolute atomic E-state index is 12.6. The number of fused-ring (bicyclic) bond motifs is 1. The summed E-state index contributed by atoms with van der Waals surface area (Å²) in [6.45, 7) is 0. The predicted molar refractivity (Wildman–Crippen MR) is 132 cm³/mol. The van der Waals surface area contributed by atoms with E-state index in [0.29, 0.717) is 10.8 Å². The number of aryl methyl sites for hydroxylation is 2. The zero-order valence-electron chi connectivity index (χ0n) is 18.3. The quantitative estimate of drug-likeness (QED) is 0.338. The molecule has 2 heterocycles. The van der Waals surface area contributed by atoms with Gasteiger partial charge in [-0.2, -0.15) is 0 Å². The van der Waals surface area contributed by atoms with Crippen LogP contribution in [0.5, 0.6) is 5.75 Å². The zero-order chi connectivity index (χ0) is 22.9. The molecule has 1 unspecified atom stereocenters. The fourth-order valence-electron chi connectivity index (χ4n) is 4.09. The maximum Gasteiger partial charge on any atom is 0.251 e. The molecule has 2 aromatic heterocycles. The van der Waals surface area contributed by atoms with Crippen molar-refractivity contribution in [2.75, 3.05) is 0 Å². The summed E-state index contributed by atoms with van der Waals surface area (Å²) < 4.78 is 10.1. The number of aromatic nitrogens is 3. The molecule has 5 rings (SSSR count). The van der Waals surface area contributed by atoms with E-state index >= 15 is 0 Å². The van der Waals surface area contributed by atoms with Crippen LogP contribution < -0.4 is 10.3 Å². The second kappa shape index (κ2) is 8.60. The van der Waals surface area contributed by atoms with E-state index in [1.807, 2.05) is 90.6 Å². The molecule has 0 amide bonds. The van der Waals surface area contributed by atoms with Crippen molar-refractivity contribution >= 4 is 22.5 Å². The van der Waals surface area contributed by atoms with Gasteiger partial charge in [-0.1, -0.05) is 54.1 Å². The van der Waals surface area contributed by atoms with Crippen LogP contribution in [0, 0.1) is 0 Å². The average molecular weight is 456 g/mol. The lowest BCUT2D eigenvalue weighted by Gasteiger charge is -2.21. The first kappa shape index (κ1) is 21.0. The number of rotatable bonds is 5. The van der Waals surface area contributed by atoms with E-state index in [4.69, 9.17) is 16.3 Å². The third-order valence-corrected chi connectivity index (χ3v) is 6.07. The topological polar surface area (TPSA) is 49.1 Å². The van der Waals surface area contributed by atoms with Crippen molar-refractivity contribution in [1.29, 1.82) is 0 Å². The Balaban J connectivity index is 1.66. The Kier molecular flexibility index (Phi) is 5.48. The number of pyridine rings is 1. The Hall–Kier alpha value is -3.83. The Morgan fingerprint density at radius 3 is 2.48 bits per heavy atom. The molecule has 6 heteroatoms. The van der Waals surface area contributed by atoms with Crippen molar-refractivity contribution in [3.05, 3.63) is 118 Å². The van der Waals surface area contributed by atoms with Gasteiger partial charge in [-0.25, -0.2) is 4.98 Å². The van der Waals surface area contributed by atoms with Gasteiger partial charge in [0.15, 0.2) is 6.10 Å². The highest BCUT2D eigenvalue weighted by atomic mass is 35.5. The van der Waals surface area contributed by atoms with Gasteiger partial charge in [0.2, 0.25) is 0 Å². The molecule has 0 bridgehead atoms. The molecular formula is C27H22ClN3O2. The minimum atomic E-state index is -0.335. The summed E-state index contributed by atoms with van der Waals surface area (Å²) in [6, 6.07) is 25.0. The molecule has 0 aliphatic heterocycles. The van der Waals surface area contributed by atoms with E-state index in [2.05, 4.69) is 4.98 Å². The van der Waals surface area contributed by atoms with Gasteiger partial charge in [0, 0.05) is 30.6 Å². The molecule has 0 saturated carbocycles. The Morgan fingerprint density at radius 2 is 1.76 bits per heavy atom. The van der Waals surface area contributed by atoms with Gasteiger partial charge in [-0.3, -0.25) is 4.79 Å². The first-order valence-electron chi connectivity index (χ1n) is 10.6. The molecular weight excluding hydrogens is 434 g/mol. The molecule has 164 valence electrons. The predicted octanol–water partition coefficient (Wildman–Crippen LogP) is 5.76. The number of hydrogen-bond acceptors (Lipinski definition) is 3. The second-order valence-electron chi connectivity index (χ2n) is 7.98. The van der Waals surface area contributed by atoms with E-state index in [-0.39, 0.29) is 11.7 Å². The minimum absolute atomic E-state index is 0.0804. The van der Waals surface area contributed by atoms with Crippen molar-refractivity contribution in [1.82, 2.24) is 14.1 Å². The normalized spacial score (nSPS) is 12.1. The Labute approximate surface area is 196 Å². The summed E-state index contributed by atoms with van der Waals surface area (Å²) in [5.74, 6) is 0.694. The number of nitrogens with zero attached hydrogens (tertiary/aromatic N) is 3. The molecule has 0 radical (unpaired) electrons. The lowest BCUT2D eigenvalue weighted by Crippen LogP contribution is -2.16. The molecule has 0 spiro atoms. The van der Waals surface area contributed by atoms with Gasteiger partial charge < -0.3 is 13.9 Å². The zero-order valence-corrected chi connectivity index (χ0v) is 19.0. The number of hydrogen-bond donors (Lipinski definition) is 0. The fourth-order valence-corrected chi connectivity index (χ4v) is 4.28.